The van der Waals surface area contributed by atoms with Gasteiger partial charge in [0.2, 0.25) is 0 Å². The highest BCUT2D eigenvalue weighted by atomic mass is 16.4. The number of hydrogen-bond donors (Lipinski definition) is 2. The van der Waals surface area contributed by atoms with Crippen molar-refractivity contribution in [2.45, 2.75) is 39.2 Å². The van der Waals surface area contributed by atoms with E-state index in [1.807, 2.05) is 13.8 Å². The fourth-order valence-corrected chi connectivity index (χ4v) is 1.77. The Balaban J connectivity index is 2.47. The average molecular weight is 228 g/mol. The van der Waals surface area contributed by atoms with Crippen molar-refractivity contribution in [3.8, 4) is 0 Å². The van der Waals surface area contributed by atoms with Crippen molar-refractivity contribution in [1.29, 1.82) is 0 Å². The van der Waals surface area contributed by atoms with Crippen molar-refractivity contribution in [3.63, 3.8) is 0 Å². The van der Waals surface area contributed by atoms with E-state index in [0.29, 0.717) is 19.5 Å². The second-order valence-corrected chi connectivity index (χ2v) is 4.38. The first-order chi connectivity index (χ1) is 7.54. The predicted molar refractivity (Wildman–Crippen MR) is 60.2 cm³/mol. The lowest BCUT2D eigenvalue weighted by molar-refractivity contribution is -0.143. The van der Waals surface area contributed by atoms with E-state index >= 15 is 0 Å². The number of carboxylic acids is 1. The highest BCUT2D eigenvalue weighted by molar-refractivity contribution is 5.76. The molecule has 5 heteroatoms. The summed E-state index contributed by atoms with van der Waals surface area (Å²) in [6.07, 6.45) is 2.31. The minimum absolute atomic E-state index is 0.137. The van der Waals surface area contributed by atoms with Gasteiger partial charge in [-0.1, -0.05) is 6.92 Å². The van der Waals surface area contributed by atoms with Gasteiger partial charge in [0.05, 0.1) is 5.92 Å². The molecule has 1 heterocycles. The van der Waals surface area contributed by atoms with Crippen LogP contribution in [0.1, 0.15) is 33.1 Å². The summed E-state index contributed by atoms with van der Waals surface area (Å²) < 4.78 is 0. The van der Waals surface area contributed by atoms with Crippen LogP contribution in [-0.2, 0) is 4.79 Å². The zero-order chi connectivity index (χ0) is 12.1. The quantitative estimate of drug-likeness (QED) is 0.764. The summed E-state index contributed by atoms with van der Waals surface area (Å²) in [5, 5.41) is 11.8. The Morgan fingerprint density at radius 1 is 1.56 bits per heavy atom. The summed E-state index contributed by atoms with van der Waals surface area (Å²) in [4.78, 5) is 24.2. The summed E-state index contributed by atoms with van der Waals surface area (Å²) in [6.45, 7) is 4.93. The Kier molecular flexibility index (Phi) is 4.58. The Labute approximate surface area is 95.8 Å². The van der Waals surface area contributed by atoms with Crippen LogP contribution in [0, 0.1) is 5.92 Å². The molecule has 1 unspecified atom stereocenters. The first kappa shape index (κ1) is 12.8. The molecule has 1 fully saturated rings. The van der Waals surface area contributed by atoms with Crippen LogP contribution in [0.25, 0.3) is 0 Å². The number of likely N-dealkylation sites (tertiary alicyclic amines) is 1. The molecule has 0 radical (unpaired) electrons. The number of urea groups is 1. The fourth-order valence-electron chi connectivity index (χ4n) is 1.77. The van der Waals surface area contributed by atoms with Gasteiger partial charge in [-0.3, -0.25) is 4.79 Å². The van der Waals surface area contributed by atoms with Crippen LogP contribution in [0.3, 0.4) is 0 Å². The number of piperidine rings is 1. The molecule has 0 spiro atoms. The van der Waals surface area contributed by atoms with Crippen molar-refractivity contribution in [2.75, 3.05) is 13.1 Å². The first-order valence-electron chi connectivity index (χ1n) is 5.82. The number of hydrogen-bond acceptors (Lipinski definition) is 2. The number of carboxylic acid groups (broad SMARTS) is 1. The summed E-state index contributed by atoms with van der Waals surface area (Å²) in [5.41, 5.74) is 0. The molecule has 0 aromatic heterocycles. The maximum absolute atomic E-state index is 11.8. The number of aliphatic carboxylic acids is 1. The van der Waals surface area contributed by atoms with Crippen molar-refractivity contribution in [3.05, 3.63) is 0 Å². The van der Waals surface area contributed by atoms with Crippen molar-refractivity contribution >= 4 is 12.0 Å². The standard InChI is InChI=1S/C11H20N2O3/c1-3-8(2)12-11(16)13-6-4-5-9(7-13)10(14)15/h8-9H,3-7H2,1-2H3,(H,12,16)(H,14,15)/t8?,9-/m1/s1. The van der Waals surface area contributed by atoms with Crippen molar-refractivity contribution in [1.82, 2.24) is 10.2 Å². The third kappa shape index (κ3) is 3.40. The van der Waals surface area contributed by atoms with Crippen LogP contribution in [0.5, 0.6) is 0 Å². The molecule has 0 aliphatic carbocycles. The zero-order valence-corrected chi connectivity index (χ0v) is 9.90. The van der Waals surface area contributed by atoms with Crippen LogP contribution in [0.2, 0.25) is 0 Å². The van der Waals surface area contributed by atoms with Gasteiger partial charge in [0.1, 0.15) is 0 Å². The van der Waals surface area contributed by atoms with E-state index in [-0.39, 0.29) is 12.1 Å². The van der Waals surface area contributed by atoms with Crippen LogP contribution in [0.15, 0.2) is 0 Å². The van der Waals surface area contributed by atoms with Gasteiger partial charge in [-0.15, -0.1) is 0 Å². The zero-order valence-electron chi connectivity index (χ0n) is 9.90. The SMILES string of the molecule is CCC(C)NC(=O)N1CCC[C@@H](C(=O)O)C1. The molecule has 2 N–H and O–H groups in total. The van der Waals surface area contributed by atoms with Gasteiger partial charge in [-0.05, 0) is 26.2 Å². The van der Waals surface area contributed by atoms with Crippen LogP contribution >= 0.6 is 0 Å². The monoisotopic (exact) mass is 228 g/mol. The first-order valence-corrected chi connectivity index (χ1v) is 5.82. The van der Waals surface area contributed by atoms with E-state index in [4.69, 9.17) is 5.11 Å². The summed E-state index contributed by atoms with van der Waals surface area (Å²) in [6, 6.07) is -0.00185. The Morgan fingerprint density at radius 2 is 2.25 bits per heavy atom. The van der Waals surface area contributed by atoms with Gasteiger partial charge < -0.3 is 15.3 Å². The van der Waals surface area contributed by atoms with Gasteiger partial charge in [0, 0.05) is 19.1 Å². The molecular formula is C11H20N2O3. The Hall–Kier alpha value is -1.26. The van der Waals surface area contributed by atoms with Crippen LogP contribution < -0.4 is 5.32 Å². The van der Waals surface area contributed by atoms with E-state index in [0.717, 1.165) is 12.8 Å². The largest absolute Gasteiger partial charge is 0.481 e. The Morgan fingerprint density at radius 3 is 2.81 bits per heavy atom. The Bertz CT molecular complexity index is 268. The molecule has 1 aliphatic heterocycles. The van der Waals surface area contributed by atoms with E-state index in [2.05, 4.69) is 5.32 Å². The maximum Gasteiger partial charge on any atom is 0.317 e. The minimum Gasteiger partial charge on any atom is -0.481 e. The van der Waals surface area contributed by atoms with Gasteiger partial charge >= 0.3 is 12.0 Å². The number of carbonyl (C=O) groups is 2. The van der Waals surface area contributed by atoms with Crippen LogP contribution in [0.4, 0.5) is 4.79 Å². The molecule has 5 nitrogen and oxygen atoms in total. The highest BCUT2D eigenvalue weighted by Gasteiger charge is 2.28. The molecule has 1 aliphatic rings. The van der Waals surface area contributed by atoms with Crippen molar-refractivity contribution in [2.24, 2.45) is 5.92 Å². The van der Waals surface area contributed by atoms with Gasteiger partial charge in [-0.2, -0.15) is 0 Å². The predicted octanol–water partition coefficient (Wildman–Crippen LogP) is 1.29. The fraction of sp³-hybridized carbons (Fsp3) is 0.818. The third-order valence-corrected chi connectivity index (χ3v) is 3.04. The molecule has 0 aromatic rings. The van der Waals surface area contributed by atoms with Gasteiger partial charge in [0.25, 0.3) is 0 Å². The molecule has 1 saturated heterocycles. The van der Waals surface area contributed by atoms with Gasteiger partial charge in [0.15, 0.2) is 0 Å². The van der Waals surface area contributed by atoms with E-state index in [1.54, 1.807) is 4.90 Å². The van der Waals surface area contributed by atoms with E-state index in [1.165, 1.54) is 0 Å². The summed E-state index contributed by atoms with van der Waals surface area (Å²) in [7, 11) is 0. The normalized spacial score (nSPS) is 22.6. The summed E-state index contributed by atoms with van der Waals surface area (Å²) >= 11 is 0. The molecule has 0 bridgehead atoms. The lowest BCUT2D eigenvalue weighted by atomic mass is 9.99. The second-order valence-electron chi connectivity index (χ2n) is 4.38. The average Bonchev–Trinajstić information content (AvgIpc) is 2.28. The summed E-state index contributed by atoms with van der Waals surface area (Å²) in [5.74, 6) is -1.21. The molecule has 2 atom stereocenters. The molecule has 1 rings (SSSR count). The second kappa shape index (κ2) is 5.72. The van der Waals surface area contributed by atoms with Crippen molar-refractivity contribution < 1.29 is 14.7 Å². The number of amides is 2. The molecule has 16 heavy (non-hydrogen) atoms. The molecular weight excluding hydrogens is 208 g/mol. The maximum atomic E-state index is 11.8. The lowest BCUT2D eigenvalue weighted by Crippen LogP contribution is -2.49. The van der Waals surface area contributed by atoms with Crippen LogP contribution in [-0.4, -0.2) is 41.1 Å². The number of rotatable bonds is 3. The van der Waals surface area contributed by atoms with E-state index in [9.17, 15) is 9.59 Å². The third-order valence-electron chi connectivity index (χ3n) is 3.04. The number of nitrogens with zero attached hydrogens (tertiary/aromatic N) is 1. The lowest BCUT2D eigenvalue weighted by Gasteiger charge is -2.31. The molecule has 0 aromatic carbocycles. The minimum atomic E-state index is -0.805. The van der Waals surface area contributed by atoms with E-state index < -0.39 is 11.9 Å². The number of nitrogens with one attached hydrogen (secondary N) is 1. The molecule has 2 amide bonds. The topological polar surface area (TPSA) is 69.6 Å². The smallest absolute Gasteiger partial charge is 0.317 e. The van der Waals surface area contributed by atoms with Gasteiger partial charge in [-0.25, -0.2) is 4.79 Å². The molecule has 0 saturated carbocycles. The highest BCUT2D eigenvalue weighted by Crippen LogP contribution is 2.16. The molecule has 92 valence electrons. The number of carbonyl (C=O) groups excluding carboxylic acids is 1.